The molecule has 0 spiro atoms. The number of carbonyl (C=O) groups is 2. The first kappa shape index (κ1) is 19.9. The molecule has 1 aliphatic heterocycles. The molecule has 0 saturated carbocycles. The third kappa shape index (κ3) is 5.32. The Bertz CT molecular complexity index is 826. The van der Waals surface area contributed by atoms with Crippen LogP contribution < -0.4 is 10.6 Å². The highest BCUT2D eigenvalue weighted by atomic mass is 16.2. The van der Waals surface area contributed by atoms with Gasteiger partial charge in [-0.15, -0.1) is 0 Å². The van der Waals surface area contributed by atoms with Crippen LogP contribution in [0, 0.1) is 6.92 Å². The maximum Gasteiger partial charge on any atom is 0.319 e. The number of piperazine rings is 1. The molecule has 1 atom stereocenters. The number of aryl methyl sites for hydroxylation is 1. The van der Waals surface area contributed by atoms with E-state index >= 15 is 0 Å². The lowest BCUT2D eigenvalue weighted by molar-refractivity contribution is 0.0664. The maximum absolute atomic E-state index is 12.7. The minimum Gasteiger partial charge on any atom is -0.336 e. The van der Waals surface area contributed by atoms with Gasteiger partial charge in [-0.05, 0) is 45.2 Å². The summed E-state index contributed by atoms with van der Waals surface area (Å²) in [5.41, 5.74) is 3.08. The average molecular weight is 384 g/mol. The first-order valence-electron chi connectivity index (χ1n) is 9.57. The van der Waals surface area contributed by atoms with Crippen LogP contribution in [0.25, 0.3) is 0 Å². The van der Waals surface area contributed by atoms with Gasteiger partial charge in [-0.25, -0.2) is 4.79 Å². The average Bonchev–Trinajstić information content (AvgIpc) is 3.06. The van der Waals surface area contributed by atoms with Crippen LogP contribution in [0.2, 0.25) is 0 Å². The summed E-state index contributed by atoms with van der Waals surface area (Å²) in [4.78, 5) is 29.0. The van der Waals surface area contributed by atoms with Gasteiger partial charge < -0.3 is 20.4 Å². The van der Waals surface area contributed by atoms with E-state index < -0.39 is 0 Å². The molecule has 8 nitrogen and oxygen atoms in total. The first-order chi connectivity index (χ1) is 13.4. The van der Waals surface area contributed by atoms with Crippen LogP contribution in [0.4, 0.5) is 10.5 Å². The molecule has 150 valence electrons. The molecule has 0 aliphatic carbocycles. The van der Waals surface area contributed by atoms with Crippen LogP contribution in [0.15, 0.2) is 30.3 Å². The summed E-state index contributed by atoms with van der Waals surface area (Å²) in [6.45, 7) is 7.06. The van der Waals surface area contributed by atoms with Gasteiger partial charge in [-0.2, -0.15) is 5.10 Å². The highest BCUT2D eigenvalue weighted by molar-refractivity contribution is 5.97. The molecule has 3 rings (SSSR count). The molecule has 3 amide bonds. The van der Waals surface area contributed by atoms with Gasteiger partial charge in [0.05, 0.1) is 5.69 Å². The summed E-state index contributed by atoms with van der Waals surface area (Å²) < 4.78 is 0. The predicted octanol–water partition coefficient (Wildman–Crippen LogP) is 1.86. The van der Waals surface area contributed by atoms with E-state index in [2.05, 4.69) is 32.8 Å². The fourth-order valence-electron chi connectivity index (χ4n) is 3.26. The Kier molecular flexibility index (Phi) is 6.30. The third-order valence-corrected chi connectivity index (χ3v) is 4.81. The van der Waals surface area contributed by atoms with Crippen molar-refractivity contribution < 1.29 is 9.59 Å². The van der Waals surface area contributed by atoms with Gasteiger partial charge in [0, 0.05) is 55.6 Å². The van der Waals surface area contributed by atoms with Gasteiger partial charge in [-0.1, -0.05) is 6.07 Å². The number of aromatic amines is 1. The van der Waals surface area contributed by atoms with Crippen LogP contribution in [0.3, 0.4) is 0 Å². The molecule has 2 aromatic rings. The Morgan fingerprint density at radius 1 is 1.21 bits per heavy atom. The van der Waals surface area contributed by atoms with Crippen LogP contribution in [0.1, 0.15) is 28.7 Å². The summed E-state index contributed by atoms with van der Waals surface area (Å²) in [6, 6.07) is 8.66. The molecule has 28 heavy (non-hydrogen) atoms. The SMILES string of the molecule is Cc1cc(C[C@H](C)NC(=O)Nc2cccc(C(=O)N3CCN(C)CC3)c2)n[nH]1. The monoisotopic (exact) mass is 384 g/mol. The smallest absolute Gasteiger partial charge is 0.319 e. The number of hydrogen-bond acceptors (Lipinski definition) is 4. The van der Waals surface area contributed by atoms with Crippen LogP contribution in [-0.4, -0.2) is 71.2 Å². The van der Waals surface area contributed by atoms with Crippen molar-refractivity contribution in [2.45, 2.75) is 26.3 Å². The second kappa shape index (κ2) is 8.88. The van der Waals surface area contributed by atoms with Crippen molar-refractivity contribution in [3.8, 4) is 0 Å². The number of aromatic nitrogens is 2. The number of hydrogen-bond donors (Lipinski definition) is 3. The molecule has 1 fully saturated rings. The van der Waals surface area contributed by atoms with Gasteiger partial charge in [-0.3, -0.25) is 9.89 Å². The zero-order chi connectivity index (χ0) is 20.1. The molecule has 2 heterocycles. The molecule has 0 unspecified atom stereocenters. The van der Waals surface area contributed by atoms with E-state index in [1.165, 1.54) is 0 Å². The van der Waals surface area contributed by atoms with Crippen molar-refractivity contribution in [2.75, 3.05) is 38.5 Å². The highest BCUT2D eigenvalue weighted by Crippen LogP contribution is 2.14. The summed E-state index contributed by atoms with van der Waals surface area (Å²) in [5.74, 6) is -0.000529. The molecule has 1 aromatic heterocycles. The molecule has 1 aliphatic rings. The number of rotatable bonds is 5. The van der Waals surface area contributed by atoms with Crippen molar-refractivity contribution in [2.24, 2.45) is 0 Å². The molecule has 3 N–H and O–H groups in total. The number of likely N-dealkylation sites (N-methyl/N-ethyl adjacent to an activating group) is 1. The Morgan fingerprint density at radius 3 is 2.64 bits per heavy atom. The van der Waals surface area contributed by atoms with E-state index in [1.807, 2.05) is 24.8 Å². The number of benzene rings is 1. The second-order valence-electron chi connectivity index (χ2n) is 7.42. The molecule has 1 aromatic carbocycles. The van der Waals surface area contributed by atoms with Crippen molar-refractivity contribution in [3.05, 3.63) is 47.3 Å². The number of anilines is 1. The van der Waals surface area contributed by atoms with E-state index in [0.717, 1.165) is 37.6 Å². The minimum atomic E-state index is -0.302. The van der Waals surface area contributed by atoms with Gasteiger partial charge >= 0.3 is 6.03 Å². The fourth-order valence-corrected chi connectivity index (χ4v) is 3.26. The largest absolute Gasteiger partial charge is 0.336 e. The standard InChI is InChI=1S/C20H28N6O2/c1-14(11-18-12-15(2)23-24-18)21-20(28)22-17-6-4-5-16(13-17)19(27)26-9-7-25(3)8-10-26/h4-6,12-14H,7-11H2,1-3H3,(H,23,24)(H2,21,22,28)/t14-/m0/s1. The second-order valence-corrected chi connectivity index (χ2v) is 7.42. The molecular weight excluding hydrogens is 356 g/mol. The number of nitrogens with zero attached hydrogens (tertiary/aromatic N) is 3. The molecule has 0 radical (unpaired) electrons. The van der Waals surface area contributed by atoms with Gasteiger partial charge in [0.1, 0.15) is 0 Å². The Labute approximate surface area is 165 Å². The summed E-state index contributed by atoms with van der Waals surface area (Å²) in [5, 5.41) is 12.8. The lowest BCUT2D eigenvalue weighted by atomic mass is 10.1. The number of carbonyl (C=O) groups excluding carboxylic acids is 2. The Balaban J connectivity index is 1.54. The maximum atomic E-state index is 12.7. The van der Waals surface area contributed by atoms with Crippen LogP contribution in [-0.2, 0) is 6.42 Å². The predicted molar refractivity (Wildman–Crippen MR) is 108 cm³/mol. The topological polar surface area (TPSA) is 93.4 Å². The zero-order valence-electron chi connectivity index (χ0n) is 16.7. The van der Waals surface area contributed by atoms with Crippen molar-refractivity contribution in [1.29, 1.82) is 0 Å². The van der Waals surface area contributed by atoms with Crippen molar-refractivity contribution in [3.63, 3.8) is 0 Å². The van der Waals surface area contributed by atoms with Gasteiger partial charge in [0.2, 0.25) is 0 Å². The summed E-state index contributed by atoms with van der Waals surface area (Å²) >= 11 is 0. The lowest BCUT2D eigenvalue weighted by Gasteiger charge is -2.32. The van der Waals surface area contributed by atoms with E-state index in [4.69, 9.17) is 0 Å². The van der Waals surface area contributed by atoms with E-state index in [1.54, 1.807) is 24.3 Å². The summed E-state index contributed by atoms with van der Waals surface area (Å²) in [7, 11) is 2.05. The normalized spacial score (nSPS) is 15.9. The van der Waals surface area contributed by atoms with E-state index in [0.29, 0.717) is 17.7 Å². The van der Waals surface area contributed by atoms with Gasteiger partial charge in [0.15, 0.2) is 0 Å². The third-order valence-electron chi connectivity index (χ3n) is 4.81. The van der Waals surface area contributed by atoms with Gasteiger partial charge in [0.25, 0.3) is 5.91 Å². The highest BCUT2D eigenvalue weighted by Gasteiger charge is 2.20. The number of amides is 3. The quantitative estimate of drug-likeness (QED) is 0.734. The lowest BCUT2D eigenvalue weighted by Crippen LogP contribution is -2.47. The van der Waals surface area contributed by atoms with E-state index in [9.17, 15) is 9.59 Å². The number of nitrogens with one attached hydrogen (secondary N) is 3. The van der Waals surface area contributed by atoms with Crippen molar-refractivity contribution >= 4 is 17.6 Å². The minimum absolute atomic E-state index is 0.000529. The van der Waals surface area contributed by atoms with E-state index in [-0.39, 0.29) is 18.0 Å². The number of H-pyrrole nitrogens is 1. The first-order valence-corrected chi connectivity index (χ1v) is 9.57. The fraction of sp³-hybridized carbons (Fsp3) is 0.450. The molecular formula is C20H28N6O2. The van der Waals surface area contributed by atoms with Crippen LogP contribution in [0.5, 0.6) is 0 Å². The Hall–Kier alpha value is -2.87. The van der Waals surface area contributed by atoms with Crippen LogP contribution >= 0.6 is 0 Å². The zero-order valence-corrected chi connectivity index (χ0v) is 16.7. The molecule has 1 saturated heterocycles. The molecule has 8 heteroatoms. The summed E-state index contributed by atoms with van der Waals surface area (Å²) in [6.07, 6.45) is 0.639. The van der Waals surface area contributed by atoms with Crippen molar-refractivity contribution in [1.82, 2.24) is 25.3 Å². The molecule has 0 bridgehead atoms. The number of urea groups is 1. The Morgan fingerprint density at radius 2 is 1.96 bits per heavy atom.